The largest absolute Gasteiger partial charge is 0.480 e. The van der Waals surface area contributed by atoms with Crippen molar-refractivity contribution >= 4 is 22.4 Å². The highest BCUT2D eigenvalue weighted by Gasteiger charge is 2.30. The summed E-state index contributed by atoms with van der Waals surface area (Å²) in [6, 6.07) is 6.43. The number of halogens is 1. The number of ether oxygens (including phenoxy) is 2. The van der Waals surface area contributed by atoms with Gasteiger partial charge in [0.15, 0.2) is 10.7 Å². The molecule has 3 aromatic rings. The highest BCUT2D eigenvalue weighted by atomic mass is 32.1. The zero-order chi connectivity index (χ0) is 20.4. The number of amides is 1. The summed E-state index contributed by atoms with van der Waals surface area (Å²) in [5, 5.41) is 3.30. The molecule has 0 bridgehead atoms. The number of benzene rings is 1. The molecule has 0 atom stereocenters. The Labute approximate surface area is 170 Å². The Bertz CT molecular complexity index is 1010. The van der Waals surface area contributed by atoms with Gasteiger partial charge in [0.05, 0.1) is 19.9 Å². The van der Waals surface area contributed by atoms with Crippen molar-refractivity contribution in [2.24, 2.45) is 0 Å². The first-order valence-electron chi connectivity index (χ1n) is 9.07. The Morgan fingerprint density at radius 1 is 1.17 bits per heavy atom. The molecular formula is C20H19FN4O3S. The van der Waals surface area contributed by atoms with Crippen LogP contribution in [0.15, 0.2) is 30.6 Å². The fourth-order valence-corrected chi connectivity index (χ4v) is 4.10. The van der Waals surface area contributed by atoms with Crippen LogP contribution in [0, 0.1) is 5.82 Å². The molecule has 1 aliphatic rings. The monoisotopic (exact) mass is 414 g/mol. The van der Waals surface area contributed by atoms with Gasteiger partial charge in [0.1, 0.15) is 12.1 Å². The molecule has 7 nitrogen and oxygen atoms in total. The first kappa shape index (κ1) is 19.3. The lowest BCUT2D eigenvalue weighted by Gasteiger charge is -2.09. The molecule has 9 heteroatoms. The number of hydrogen-bond donors (Lipinski definition) is 1. The number of methoxy groups -OCH3 is 2. The van der Waals surface area contributed by atoms with Gasteiger partial charge in [-0.05, 0) is 30.5 Å². The summed E-state index contributed by atoms with van der Waals surface area (Å²) in [7, 11) is 2.85. The minimum absolute atomic E-state index is 0.112. The van der Waals surface area contributed by atoms with E-state index in [9.17, 15) is 9.18 Å². The van der Waals surface area contributed by atoms with Crippen LogP contribution in [0.1, 0.15) is 45.3 Å². The lowest BCUT2D eigenvalue weighted by atomic mass is 10.1. The van der Waals surface area contributed by atoms with E-state index in [0.29, 0.717) is 17.5 Å². The van der Waals surface area contributed by atoms with Crippen LogP contribution in [-0.4, -0.2) is 35.1 Å². The van der Waals surface area contributed by atoms with Crippen LogP contribution in [0.4, 0.5) is 9.52 Å². The van der Waals surface area contributed by atoms with E-state index in [1.54, 1.807) is 12.1 Å². The van der Waals surface area contributed by atoms with Gasteiger partial charge in [0, 0.05) is 17.2 Å². The van der Waals surface area contributed by atoms with Crippen LogP contribution in [-0.2, 0) is 6.42 Å². The van der Waals surface area contributed by atoms with E-state index < -0.39 is 5.91 Å². The molecule has 0 saturated heterocycles. The quantitative estimate of drug-likeness (QED) is 0.633. The average molecular weight is 414 g/mol. The van der Waals surface area contributed by atoms with E-state index in [1.165, 1.54) is 44.0 Å². The van der Waals surface area contributed by atoms with Crippen LogP contribution in [0.25, 0.3) is 0 Å². The number of hydrogen-bond acceptors (Lipinski definition) is 7. The van der Waals surface area contributed by atoms with E-state index >= 15 is 0 Å². The Morgan fingerprint density at radius 2 is 1.83 bits per heavy atom. The molecule has 2 aromatic heterocycles. The molecule has 1 fully saturated rings. The van der Waals surface area contributed by atoms with E-state index in [1.807, 2.05) is 0 Å². The molecule has 0 radical (unpaired) electrons. The number of anilines is 1. The molecule has 0 spiro atoms. The van der Waals surface area contributed by atoms with Gasteiger partial charge < -0.3 is 9.47 Å². The SMILES string of the molecule is COc1ncnc(OC)c1C(=O)Nc1nc(C2CC2)c(Cc2ccc(F)cc2)s1. The fourth-order valence-electron chi connectivity index (χ4n) is 3.02. The summed E-state index contributed by atoms with van der Waals surface area (Å²) >= 11 is 1.42. The number of aromatic nitrogens is 3. The summed E-state index contributed by atoms with van der Waals surface area (Å²) in [4.78, 5) is 26.5. The molecule has 0 unspecified atom stereocenters. The zero-order valence-electron chi connectivity index (χ0n) is 15.9. The first-order chi connectivity index (χ1) is 14.1. The van der Waals surface area contributed by atoms with Crippen LogP contribution >= 0.6 is 11.3 Å². The second-order valence-corrected chi connectivity index (χ2v) is 7.71. The molecule has 1 aliphatic carbocycles. The maximum Gasteiger partial charge on any atom is 0.268 e. The predicted octanol–water partition coefficient (Wildman–Crippen LogP) is 3.81. The number of rotatable bonds is 7. The Hall–Kier alpha value is -3.07. The van der Waals surface area contributed by atoms with Gasteiger partial charge in [0.2, 0.25) is 11.8 Å². The first-order valence-corrected chi connectivity index (χ1v) is 9.89. The van der Waals surface area contributed by atoms with Crippen molar-refractivity contribution in [2.45, 2.75) is 25.2 Å². The topological polar surface area (TPSA) is 86.2 Å². The maximum atomic E-state index is 13.2. The molecule has 1 aromatic carbocycles. The van der Waals surface area contributed by atoms with Crippen molar-refractivity contribution in [1.82, 2.24) is 15.0 Å². The predicted molar refractivity (Wildman–Crippen MR) is 106 cm³/mol. The molecule has 1 N–H and O–H groups in total. The summed E-state index contributed by atoms with van der Waals surface area (Å²) in [5.41, 5.74) is 2.10. The molecular weight excluding hydrogens is 395 g/mol. The minimum atomic E-state index is -0.455. The number of nitrogens with one attached hydrogen (secondary N) is 1. The molecule has 0 aliphatic heterocycles. The van der Waals surface area contributed by atoms with Crippen molar-refractivity contribution in [3.63, 3.8) is 0 Å². The van der Waals surface area contributed by atoms with Gasteiger partial charge in [-0.25, -0.2) is 19.3 Å². The van der Waals surface area contributed by atoms with Crippen molar-refractivity contribution in [3.05, 3.63) is 58.1 Å². The van der Waals surface area contributed by atoms with E-state index in [2.05, 4.69) is 20.3 Å². The maximum absolute atomic E-state index is 13.2. The third-order valence-electron chi connectivity index (χ3n) is 4.58. The molecule has 150 valence electrons. The zero-order valence-corrected chi connectivity index (χ0v) is 16.8. The third-order valence-corrected chi connectivity index (χ3v) is 5.57. The van der Waals surface area contributed by atoms with Crippen LogP contribution in [0.3, 0.4) is 0 Å². The van der Waals surface area contributed by atoms with Crippen molar-refractivity contribution in [1.29, 1.82) is 0 Å². The van der Waals surface area contributed by atoms with Gasteiger partial charge in [0.25, 0.3) is 5.91 Å². The third kappa shape index (κ3) is 4.19. The molecule has 1 amide bonds. The van der Waals surface area contributed by atoms with Gasteiger partial charge in [-0.3, -0.25) is 10.1 Å². The lowest BCUT2D eigenvalue weighted by molar-refractivity contribution is 0.101. The lowest BCUT2D eigenvalue weighted by Crippen LogP contribution is -2.16. The summed E-state index contributed by atoms with van der Waals surface area (Å²) in [6.07, 6.45) is 4.08. The van der Waals surface area contributed by atoms with Gasteiger partial charge in [-0.1, -0.05) is 12.1 Å². The Morgan fingerprint density at radius 3 is 2.41 bits per heavy atom. The van der Waals surface area contributed by atoms with Crippen LogP contribution in [0.5, 0.6) is 11.8 Å². The minimum Gasteiger partial charge on any atom is -0.480 e. The van der Waals surface area contributed by atoms with Crippen LogP contribution in [0.2, 0.25) is 0 Å². The fraction of sp³-hybridized carbons (Fsp3) is 0.300. The van der Waals surface area contributed by atoms with Crippen molar-refractivity contribution in [2.75, 3.05) is 19.5 Å². The standard InChI is InChI=1S/C20H19FN4O3S/c1-27-18-15(19(28-2)23-10-22-18)17(26)25-20-24-16(12-5-6-12)14(29-20)9-11-3-7-13(21)8-4-11/h3-4,7-8,10,12H,5-6,9H2,1-2H3,(H,24,25,26). The van der Waals surface area contributed by atoms with E-state index in [-0.39, 0.29) is 23.1 Å². The smallest absolute Gasteiger partial charge is 0.268 e. The number of nitrogens with zero attached hydrogens (tertiary/aromatic N) is 3. The number of carbonyl (C=O) groups is 1. The highest BCUT2D eigenvalue weighted by Crippen LogP contribution is 2.44. The van der Waals surface area contributed by atoms with Gasteiger partial charge >= 0.3 is 0 Å². The highest BCUT2D eigenvalue weighted by molar-refractivity contribution is 7.16. The van der Waals surface area contributed by atoms with Crippen molar-refractivity contribution < 1.29 is 18.7 Å². The van der Waals surface area contributed by atoms with E-state index in [0.717, 1.165) is 29.0 Å². The van der Waals surface area contributed by atoms with Crippen LogP contribution < -0.4 is 14.8 Å². The number of carbonyl (C=O) groups excluding carboxylic acids is 1. The Kier molecular flexibility index (Phi) is 5.39. The molecule has 29 heavy (non-hydrogen) atoms. The van der Waals surface area contributed by atoms with Crippen molar-refractivity contribution in [3.8, 4) is 11.8 Å². The molecule has 2 heterocycles. The number of thiazole rings is 1. The summed E-state index contributed by atoms with van der Waals surface area (Å²) < 4.78 is 23.5. The molecule has 1 saturated carbocycles. The second-order valence-electron chi connectivity index (χ2n) is 6.63. The molecule has 4 rings (SSSR count). The normalized spacial score (nSPS) is 13.2. The van der Waals surface area contributed by atoms with E-state index in [4.69, 9.17) is 9.47 Å². The second kappa shape index (κ2) is 8.12. The summed E-state index contributed by atoms with van der Waals surface area (Å²) in [5.74, 6) is -0.0543. The van der Waals surface area contributed by atoms with Gasteiger partial charge in [-0.15, -0.1) is 11.3 Å². The summed E-state index contributed by atoms with van der Waals surface area (Å²) in [6.45, 7) is 0. The Balaban J connectivity index is 1.60. The average Bonchev–Trinajstić information content (AvgIpc) is 3.51. The van der Waals surface area contributed by atoms with Gasteiger partial charge in [-0.2, -0.15) is 0 Å².